The van der Waals surface area contributed by atoms with Crippen LogP contribution in [0, 0.1) is 17.3 Å². The van der Waals surface area contributed by atoms with Gasteiger partial charge in [-0.05, 0) is 45.2 Å². The molecule has 0 fully saturated rings. The highest BCUT2D eigenvalue weighted by molar-refractivity contribution is 8.13. The molecule has 0 bridgehead atoms. The van der Waals surface area contributed by atoms with Crippen molar-refractivity contribution in [3.05, 3.63) is 24.0 Å². The minimum atomic E-state index is -0.672. The number of rotatable bonds is 2. The number of aliphatic imine (C=N–C) groups is 1. The summed E-state index contributed by atoms with van der Waals surface area (Å²) in [5.74, 6) is -0.506. The summed E-state index contributed by atoms with van der Waals surface area (Å²) in [5, 5.41) is 11.4. The number of amides is 1. The summed E-state index contributed by atoms with van der Waals surface area (Å²) < 4.78 is 18.8. The first-order chi connectivity index (χ1) is 10.7. The highest BCUT2D eigenvalue weighted by Crippen LogP contribution is 2.30. The quantitative estimate of drug-likeness (QED) is 0.386. The number of hydrogen-bond acceptors (Lipinski definition) is 5. The molecule has 0 saturated carbocycles. The zero-order chi connectivity index (χ0) is 17.6. The number of nitrogens with zero attached hydrogens (tertiary/aromatic N) is 3. The number of amidine groups is 1. The summed E-state index contributed by atoms with van der Waals surface area (Å²) in [5.41, 5.74) is -0.0908. The second-order valence-electron chi connectivity index (χ2n) is 5.53. The van der Waals surface area contributed by atoms with Crippen molar-refractivity contribution >= 4 is 34.4 Å². The first kappa shape index (κ1) is 18.8. The molecule has 6 nitrogen and oxygen atoms in total. The van der Waals surface area contributed by atoms with Gasteiger partial charge in [-0.3, -0.25) is 10.2 Å². The van der Waals surface area contributed by atoms with Crippen LogP contribution in [0.2, 0.25) is 0 Å². The number of nitriles is 1. The van der Waals surface area contributed by atoms with E-state index in [-0.39, 0.29) is 5.69 Å². The van der Waals surface area contributed by atoms with E-state index in [4.69, 9.17) is 10.00 Å². The number of carbonyl (C=O) groups is 1. The molecule has 1 N–H and O–H groups in total. The van der Waals surface area contributed by atoms with Gasteiger partial charge >= 0.3 is 6.09 Å². The van der Waals surface area contributed by atoms with Gasteiger partial charge in [-0.15, -0.1) is 0 Å². The maximum Gasteiger partial charge on any atom is 0.414 e. The second kappa shape index (κ2) is 7.83. The van der Waals surface area contributed by atoms with E-state index in [9.17, 15) is 9.18 Å². The van der Waals surface area contributed by atoms with Gasteiger partial charge in [0.2, 0.25) is 0 Å². The Morgan fingerprint density at radius 3 is 2.65 bits per heavy atom. The Balaban J connectivity index is 3.22. The van der Waals surface area contributed by atoms with Gasteiger partial charge in [0.15, 0.2) is 11.4 Å². The highest BCUT2D eigenvalue weighted by Gasteiger charge is 2.22. The fourth-order valence-corrected chi connectivity index (χ4v) is 1.91. The maximum absolute atomic E-state index is 13.6. The molecule has 23 heavy (non-hydrogen) atoms. The maximum atomic E-state index is 13.6. The van der Waals surface area contributed by atoms with Crippen molar-refractivity contribution < 1.29 is 13.9 Å². The predicted molar refractivity (Wildman–Crippen MR) is 90.4 cm³/mol. The lowest BCUT2D eigenvalue weighted by Crippen LogP contribution is -2.34. The Morgan fingerprint density at radius 2 is 2.13 bits per heavy atom. The van der Waals surface area contributed by atoms with E-state index in [1.165, 1.54) is 41.9 Å². The van der Waals surface area contributed by atoms with Crippen molar-refractivity contribution in [2.75, 3.05) is 18.2 Å². The van der Waals surface area contributed by atoms with Gasteiger partial charge in [0.1, 0.15) is 11.4 Å². The fourth-order valence-electron chi connectivity index (χ4n) is 1.57. The number of benzene rings is 1. The predicted octanol–water partition coefficient (Wildman–Crippen LogP) is 3.62. The van der Waals surface area contributed by atoms with Gasteiger partial charge < -0.3 is 4.74 Å². The lowest BCUT2D eigenvalue weighted by Gasteiger charge is -2.25. The third-order valence-electron chi connectivity index (χ3n) is 2.54. The second-order valence-corrected chi connectivity index (χ2v) is 6.33. The summed E-state index contributed by atoms with van der Waals surface area (Å²) in [6, 6.07) is 3.85. The molecule has 0 heterocycles. The van der Waals surface area contributed by atoms with Crippen LogP contribution in [0.4, 0.5) is 20.6 Å². The Bertz CT molecular complexity index is 650. The third-order valence-corrected chi connectivity index (χ3v) is 3.12. The van der Waals surface area contributed by atoms with Crippen LogP contribution in [0.15, 0.2) is 23.2 Å². The largest absolute Gasteiger partial charge is 0.443 e. The summed E-state index contributed by atoms with van der Waals surface area (Å²) in [7, 11) is 1.47. The van der Waals surface area contributed by atoms with E-state index < -0.39 is 17.5 Å². The van der Waals surface area contributed by atoms with Crippen LogP contribution in [-0.2, 0) is 4.74 Å². The zero-order valence-electron chi connectivity index (χ0n) is 13.7. The molecule has 0 atom stereocenters. The minimum absolute atomic E-state index is 0.241. The van der Waals surface area contributed by atoms with Crippen molar-refractivity contribution in [1.82, 2.24) is 5.32 Å². The molecule has 0 unspecified atom stereocenters. The number of anilines is 1. The Morgan fingerprint density at radius 1 is 1.48 bits per heavy atom. The van der Waals surface area contributed by atoms with Gasteiger partial charge in [0.05, 0.1) is 11.4 Å². The molecule has 0 saturated heterocycles. The summed E-state index contributed by atoms with van der Waals surface area (Å²) in [6.45, 7) is 5.23. The van der Waals surface area contributed by atoms with Crippen LogP contribution < -0.4 is 10.2 Å². The van der Waals surface area contributed by atoms with E-state index >= 15 is 0 Å². The summed E-state index contributed by atoms with van der Waals surface area (Å²) in [4.78, 5) is 17.6. The van der Waals surface area contributed by atoms with Crippen molar-refractivity contribution in [3.8, 4) is 6.19 Å². The Hall–Kier alpha value is -2.27. The molecule has 8 heteroatoms. The molecule has 1 amide bonds. The molecule has 1 rings (SSSR count). The molecule has 0 aliphatic carbocycles. The molecule has 0 radical (unpaired) electrons. The van der Waals surface area contributed by atoms with Crippen molar-refractivity contribution in [2.24, 2.45) is 4.99 Å². The van der Waals surface area contributed by atoms with Crippen molar-refractivity contribution in [1.29, 1.82) is 5.26 Å². The van der Waals surface area contributed by atoms with E-state index in [1.54, 1.807) is 33.2 Å². The van der Waals surface area contributed by atoms with Crippen LogP contribution >= 0.6 is 11.8 Å². The number of halogens is 1. The first-order valence-electron chi connectivity index (χ1n) is 6.72. The minimum Gasteiger partial charge on any atom is -0.443 e. The van der Waals surface area contributed by atoms with E-state index in [1.807, 2.05) is 0 Å². The summed E-state index contributed by atoms with van der Waals surface area (Å²) in [6.07, 6.45) is 2.89. The number of hydrogen-bond donors (Lipinski definition) is 1. The lowest BCUT2D eigenvalue weighted by molar-refractivity contribution is 0.0589. The zero-order valence-corrected chi connectivity index (χ0v) is 14.5. The molecule has 0 aromatic heterocycles. The van der Waals surface area contributed by atoms with Crippen LogP contribution in [-0.4, -0.2) is 30.2 Å². The molecule has 0 aliphatic rings. The molecular weight excluding hydrogens is 319 g/mol. The number of ether oxygens (including phenoxy) is 1. The van der Waals surface area contributed by atoms with Gasteiger partial charge in [0, 0.05) is 7.05 Å². The van der Waals surface area contributed by atoms with Crippen LogP contribution in [0.25, 0.3) is 0 Å². The Labute approximate surface area is 139 Å². The fraction of sp³-hybridized carbons (Fsp3) is 0.400. The van der Waals surface area contributed by atoms with Crippen LogP contribution in [0.5, 0.6) is 0 Å². The molecule has 1 aromatic carbocycles. The molecular formula is C15H19FN4O2S. The average Bonchev–Trinajstić information content (AvgIpc) is 2.45. The van der Waals surface area contributed by atoms with E-state index in [2.05, 4.69) is 10.3 Å². The van der Waals surface area contributed by atoms with Gasteiger partial charge in [-0.2, -0.15) is 5.26 Å². The van der Waals surface area contributed by atoms with E-state index in [0.717, 1.165) is 0 Å². The first-order valence-corrected chi connectivity index (χ1v) is 7.94. The number of carbonyl (C=O) groups excluding carboxylic acids is 1. The van der Waals surface area contributed by atoms with E-state index in [0.29, 0.717) is 10.9 Å². The van der Waals surface area contributed by atoms with Gasteiger partial charge in [-0.25, -0.2) is 14.2 Å². The number of nitrogens with one attached hydrogen (secondary N) is 1. The standard InChI is InChI=1S/C15H19FN4O2S/c1-15(2,3)22-14(21)20(4)12-8-10(16)6-7-11(12)19-13(23-5)18-9-17/h6-8H,1-5H3,(H,18,19). The van der Waals surface area contributed by atoms with Crippen molar-refractivity contribution in [2.45, 2.75) is 26.4 Å². The smallest absolute Gasteiger partial charge is 0.414 e. The topological polar surface area (TPSA) is 77.7 Å². The SMILES string of the molecule is CSC(=Nc1ccc(F)cc1N(C)C(=O)OC(C)(C)C)NC#N. The monoisotopic (exact) mass is 338 g/mol. The van der Waals surface area contributed by atoms with Crippen LogP contribution in [0.3, 0.4) is 0 Å². The highest BCUT2D eigenvalue weighted by atomic mass is 32.2. The van der Waals surface area contributed by atoms with Gasteiger partial charge in [-0.1, -0.05) is 11.8 Å². The average molecular weight is 338 g/mol. The van der Waals surface area contributed by atoms with Crippen LogP contribution in [0.1, 0.15) is 20.8 Å². The van der Waals surface area contributed by atoms with Crippen molar-refractivity contribution in [3.63, 3.8) is 0 Å². The molecule has 0 spiro atoms. The Kier molecular flexibility index (Phi) is 6.39. The van der Waals surface area contributed by atoms with Gasteiger partial charge in [0.25, 0.3) is 0 Å². The molecule has 1 aromatic rings. The number of thioether (sulfide) groups is 1. The molecule has 124 valence electrons. The lowest BCUT2D eigenvalue weighted by atomic mass is 10.2. The normalized spacial score (nSPS) is 11.6. The molecule has 0 aliphatic heterocycles. The summed E-state index contributed by atoms with van der Waals surface area (Å²) >= 11 is 1.22. The third kappa shape index (κ3) is 5.79.